The highest BCUT2D eigenvalue weighted by Crippen LogP contribution is 2.49. The molecule has 1 aromatic heterocycles. The number of nitrogens with two attached hydrogens (primary N) is 1. The standard InChI is InChI=1S/C84H111ClN12O19S2/c1-48-21-20-28-68(113-10)83(111)45-67(114-82(110)94-83)49(2)74-50(3)84(115-74,46-71(102)96(7)65-42-55(39-48)43-66(112-9)72(65)85)116-81(109)51(4)95(6)70(101)34-38-118-117-37-33-69(100)87-36-19-17-27-64-78(106)91-61(40-54-29-31-57(99)32-30-54)76(104)90-62(44-56-47-88-59-25-15-14-24-58(56)59)77(105)89-60(26-16-18-35-86)75(103)93-73(52(5)98)79(107)92-63(80(108)97(64)8)41-53-22-12-11-13-23-53/h11-15,20-25,28-32,42-43,47,49-52,60-64,67-68,73-74,88,98-99,111H,16-19,26-27,33-41,44-46,86H2,1-10H3,(H,87,100)(H,89,105)(H,90,104)(H,91,106)(H,92,107)(H,93,103)(H,94,110)/b28-20+,48-21+/t49-,50+,51+,52-,60+,61+,62-,63+,64+,67+,68-,73+,74+,83+,84?/m1/s1. The number of alkyl carbamates (subject to hydrolysis) is 1. The molecule has 640 valence electrons. The number of carbonyl (C=O) groups is 11. The number of nitrogens with zero attached hydrogens (tertiary/aromatic N) is 3. The molecule has 6 bridgehead atoms. The molecule has 15 atom stereocenters. The predicted molar refractivity (Wildman–Crippen MR) is 446 cm³/mol. The number of hydrogen-bond donors (Lipinski definition) is 12. The van der Waals surface area contributed by atoms with E-state index in [2.05, 4.69) is 42.2 Å². The van der Waals surface area contributed by atoms with Gasteiger partial charge in [-0.1, -0.05) is 132 Å². The first-order valence-corrected chi connectivity index (χ1v) is 42.6. The maximum atomic E-state index is 15.2. The van der Waals surface area contributed by atoms with Crippen molar-refractivity contribution in [2.45, 2.75) is 203 Å². The van der Waals surface area contributed by atoms with E-state index in [1.54, 1.807) is 86.8 Å². The number of phenols is 1. The number of halogens is 1. The van der Waals surface area contributed by atoms with Crippen molar-refractivity contribution in [2.75, 3.05) is 64.9 Å². The number of benzene rings is 4. The lowest BCUT2D eigenvalue weighted by Gasteiger charge is -2.55. The monoisotopic (exact) mass is 1690 g/mol. The van der Waals surface area contributed by atoms with Crippen molar-refractivity contribution in [3.05, 3.63) is 148 Å². The molecular formula is C84H111ClN12O19S2. The first kappa shape index (κ1) is 92.1. The molecule has 0 aliphatic carbocycles. The summed E-state index contributed by atoms with van der Waals surface area (Å²) < 4.78 is 29.9. The van der Waals surface area contributed by atoms with E-state index in [0.29, 0.717) is 59.6 Å². The highest BCUT2D eigenvalue weighted by Gasteiger charge is 2.62. The Kier molecular flexibility index (Phi) is 33.4. The lowest BCUT2D eigenvalue weighted by Crippen LogP contribution is -2.68. The van der Waals surface area contributed by atoms with Crippen LogP contribution in [0.25, 0.3) is 10.9 Å². The summed E-state index contributed by atoms with van der Waals surface area (Å²) >= 11 is 6.88. The summed E-state index contributed by atoms with van der Waals surface area (Å²) in [6, 6.07) is 15.8. The van der Waals surface area contributed by atoms with Gasteiger partial charge in [-0.05, 0) is 125 Å². The average molecular weight is 1690 g/mol. The summed E-state index contributed by atoms with van der Waals surface area (Å²) in [5.41, 5.74) is 8.35. The first-order chi connectivity index (χ1) is 56.3. The summed E-state index contributed by atoms with van der Waals surface area (Å²) in [5.74, 6) is -9.41. The second kappa shape index (κ2) is 42.8. The highest BCUT2D eigenvalue weighted by atomic mass is 35.5. The number of aliphatic hydroxyl groups is 2. The molecule has 0 spiro atoms. The number of rotatable bonds is 28. The van der Waals surface area contributed by atoms with E-state index in [1.165, 1.54) is 97.6 Å². The van der Waals surface area contributed by atoms with Gasteiger partial charge in [-0.15, -0.1) is 0 Å². The molecule has 10 amide bonds. The number of methoxy groups -OCH3 is 2. The summed E-state index contributed by atoms with van der Waals surface area (Å²) in [6.45, 7) is 8.57. The Morgan fingerprint density at radius 3 is 2.10 bits per heavy atom. The fourth-order valence-corrected chi connectivity index (χ4v) is 17.2. The SMILES string of the molecule is COc1cc2cc(c1Cl)N(C)C(=O)CC1(OC(=O)[C@H](C)N(C)C(=O)CCSSCCC(=O)NCCCC[C@H]3C(=O)N[C@@H](Cc4ccc(O)cc4)C(=O)N[C@H](Cc4c[nH]c5ccccc45)C(=O)N[C@@H](CCCCN)C(=O)N[C@@H]([C@@H](C)O)C(=O)N[C@@H](Cc4ccccc4)C(=O)N3C)O[C@@H]([C@H](C)[C@@H]3C[C@@](O)(NC(=O)O3)[C@H](OC)/C=C/C=C(\C)C2)[C@@H]1C. The molecule has 118 heavy (non-hydrogen) atoms. The molecule has 3 saturated heterocycles. The van der Waals surface area contributed by atoms with Crippen LogP contribution in [0, 0.1) is 11.8 Å². The zero-order valence-corrected chi connectivity index (χ0v) is 70.6. The number of esters is 1. The van der Waals surface area contributed by atoms with Gasteiger partial charge >= 0.3 is 12.1 Å². The third-order valence-electron chi connectivity index (χ3n) is 22.1. The Bertz CT molecular complexity index is 4440. The van der Waals surface area contributed by atoms with Crippen molar-refractivity contribution in [1.29, 1.82) is 0 Å². The largest absolute Gasteiger partial charge is 0.508 e. The summed E-state index contributed by atoms with van der Waals surface area (Å²) in [7, 11) is 9.92. The first-order valence-electron chi connectivity index (χ1n) is 39.7. The average Bonchev–Trinajstić information content (AvgIpc) is 0.822. The smallest absolute Gasteiger partial charge is 0.409 e. The van der Waals surface area contributed by atoms with Gasteiger partial charge in [0, 0.05) is 114 Å². The topological polar surface area (TPSA) is 430 Å². The van der Waals surface area contributed by atoms with Crippen LogP contribution in [0.15, 0.2) is 121 Å². The number of aromatic nitrogens is 1. The molecule has 31 nitrogen and oxygen atoms in total. The van der Waals surface area contributed by atoms with Gasteiger partial charge < -0.3 is 96.3 Å². The molecule has 5 aliphatic rings. The summed E-state index contributed by atoms with van der Waals surface area (Å²) in [5, 5.41) is 53.7. The maximum Gasteiger partial charge on any atom is 0.409 e. The van der Waals surface area contributed by atoms with Crippen LogP contribution >= 0.6 is 33.2 Å². The van der Waals surface area contributed by atoms with Crippen molar-refractivity contribution in [2.24, 2.45) is 17.6 Å². The highest BCUT2D eigenvalue weighted by molar-refractivity contribution is 8.76. The minimum Gasteiger partial charge on any atom is -0.508 e. The second-order valence-electron chi connectivity index (χ2n) is 30.7. The van der Waals surface area contributed by atoms with E-state index in [9.17, 15) is 53.7 Å². The van der Waals surface area contributed by atoms with E-state index >= 15 is 14.4 Å². The fraction of sp³-hybridized carbons (Fsp3) is 0.512. The van der Waals surface area contributed by atoms with Gasteiger partial charge in [0.2, 0.25) is 59.0 Å². The number of carbonyl (C=O) groups excluding carboxylic acids is 11. The van der Waals surface area contributed by atoms with Crippen molar-refractivity contribution in [1.82, 2.24) is 52.0 Å². The van der Waals surface area contributed by atoms with Crippen LogP contribution < -0.4 is 52.6 Å². The molecule has 34 heteroatoms. The maximum absolute atomic E-state index is 15.2. The Balaban J connectivity index is 0.838. The van der Waals surface area contributed by atoms with Crippen LogP contribution in [0.2, 0.25) is 5.02 Å². The third kappa shape index (κ3) is 24.0. The van der Waals surface area contributed by atoms with Gasteiger partial charge in [-0.2, -0.15) is 0 Å². The Morgan fingerprint density at radius 1 is 0.780 bits per heavy atom. The van der Waals surface area contributed by atoms with Crippen LogP contribution in [0.4, 0.5) is 10.5 Å². The molecule has 5 aromatic rings. The van der Waals surface area contributed by atoms with E-state index in [0.717, 1.165) is 22.0 Å². The van der Waals surface area contributed by atoms with Gasteiger partial charge in [-0.25, -0.2) is 9.59 Å². The molecule has 1 unspecified atom stereocenters. The normalized spacial score (nSPS) is 26.4. The number of aromatic hydroxyl groups is 1. The van der Waals surface area contributed by atoms with Crippen molar-refractivity contribution in [3.8, 4) is 11.5 Å². The van der Waals surface area contributed by atoms with Crippen LogP contribution in [-0.4, -0.2) is 234 Å². The second-order valence-corrected chi connectivity index (χ2v) is 33.7. The van der Waals surface area contributed by atoms with Crippen LogP contribution in [0.3, 0.4) is 0 Å². The number of anilines is 1. The minimum absolute atomic E-state index is 0.0153. The molecule has 10 rings (SSSR count). The number of aromatic amines is 1. The summed E-state index contributed by atoms with van der Waals surface area (Å²) in [6.07, 6.45) is 2.46. The quantitative estimate of drug-likeness (QED) is 0.0158. The number of amides is 10. The number of ether oxygens (including phenoxy) is 5. The Morgan fingerprint density at radius 2 is 1.42 bits per heavy atom. The molecule has 4 aromatic carbocycles. The molecule has 6 heterocycles. The van der Waals surface area contributed by atoms with Crippen molar-refractivity contribution < 1.29 is 91.7 Å². The van der Waals surface area contributed by atoms with E-state index < -0.39 is 156 Å². The number of aliphatic hydroxyl groups excluding tert-OH is 1. The Labute approximate surface area is 699 Å². The number of phenolic OH excluding ortho intramolecular Hbond substituents is 1. The van der Waals surface area contributed by atoms with Gasteiger partial charge in [0.25, 0.3) is 0 Å². The van der Waals surface area contributed by atoms with Crippen LogP contribution in [-0.2, 0) is 92.6 Å². The van der Waals surface area contributed by atoms with Crippen LogP contribution in [0.1, 0.15) is 121 Å². The molecule has 3 fully saturated rings. The van der Waals surface area contributed by atoms with Gasteiger partial charge in [0.1, 0.15) is 71.0 Å². The number of allylic oxidation sites excluding steroid dienone is 3. The number of para-hydroxylation sites is 1. The van der Waals surface area contributed by atoms with E-state index in [-0.39, 0.29) is 93.3 Å². The molecule has 5 aliphatic heterocycles. The molecule has 0 saturated carbocycles. The van der Waals surface area contributed by atoms with Crippen LogP contribution in [0.5, 0.6) is 11.5 Å². The fourth-order valence-electron chi connectivity index (χ4n) is 14.9. The number of likely N-dealkylation sites (N-methyl/N-ethyl adjacent to an activating group) is 2. The van der Waals surface area contributed by atoms with Gasteiger partial charge in [-0.3, -0.25) is 48.5 Å². The van der Waals surface area contributed by atoms with Gasteiger partial charge in [0.05, 0.1) is 31.4 Å². The number of fused-ring (bicyclic) bond motifs is 6. The third-order valence-corrected chi connectivity index (χ3v) is 24.9. The zero-order valence-electron chi connectivity index (χ0n) is 68.2. The van der Waals surface area contributed by atoms with Gasteiger partial charge in [0.15, 0.2) is 5.72 Å². The van der Waals surface area contributed by atoms with E-state index in [4.69, 9.17) is 41.0 Å². The summed E-state index contributed by atoms with van der Waals surface area (Å²) in [4.78, 5) is 166. The molecule has 13 N–H and O–H groups in total. The number of hydrogen-bond acceptors (Lipinski definition) is 22. The predicted octanol–water partition coefficient (Wildman–Crippen LogP) is 5.86. The number of nitrogens with one attached hydrogen (secondary N) is 8. The van der Waals surface area contributed by atoms with Crippen molar-refractivity contribution in [3.63, 3.8) is 0 Å². The lowest BCUT2D eigenvalue weighted by molar-refractivity contribution is -0.377. The zero-order chi connectivity index (χ0) is 85.7. The number of H-pyrrole nitrogens is 1. The lowest BCUT2D eigenvalue weighted by atomic mass is 9.75. The molecular weight excluding hydrogens is 1580 g/mol. The number of unbranched alkanes of at least 4 members (excludes halogenated alkanes) is 2. The Hall–Kier alpha value is -9.74. The minimum atomic E-state index is -1.92. The molecule has 0 radical (unpaired) electrons. The van der Waals surface area contributed by atoms with E-state index in [1.807, 2.05) is 37.3 Å². The van der Waals surface area contributed by atoms with Crippen molar-refractivity contribution >= 4 is 115 Å².